The lowest BCUT2D eigenvalue weighted by atomic mass is 9.81. The second kappa shape index (κ2) is 7.90. The van der Waals surface area contributed by atoms with Crippen LogP contribution in [0.3, 0.4) is 0 Å². The number of hydrogen-bond acceptors (Lipinski definition) is 4. The fourth-order valence-corrected chi connectivity index (χ4v) is 4.63. The largest absolute Gasteiger partial charge is 0.497 e. The van der Waals surface area contributed by atoms with E-state index in [4.69, 9.17) is 9.72 Å². The highest BCUT2D eigenvalue weighted by molar-refractivity contribution is 5.99. The van der Waals surface area contributed by atoms with Crippen LogP contribution in [0.5, 0.6) is 5.75 Å². The van der Waals surface area contributed by atoms with Crippen LogP contribution in [0.1, 0.15) is 65.0 Å². The summed E-state index contributed by atoms with van der Waals surface area (Å²) in [5.41, 5.74) is 7.77. The lowest BCUT2D eigenvalue weighted by Gasteiger charge is -2.23. The van der Waals surface area contributed by atoms with Crippen LogP contribution in [-0.4, -0.2) is 27.5 Å². The third-order valence-electron chi connectivity index (χ3n) is 6.49. The van der Waals surface area contributed by atoms with Crippen molar-refractivity contribution in [3.63, 3.8) is 0 Å². The zero-order valence-electron chi connectivity index (χ0n) is 18.9. The molecule has 32 heavy (non-hydrogen) atoms. The molecule has 2 aromatic carbocycles. The number of benzene rings is 2. The molecule has 1 unspecified atom stereocenters. The third-order valence-corrected chi connectivity index (χ3v) is 6.49. The van der Waals surface area contributed by atoms with E-state index in [1.807, 2.05) is 37.4 Å². The number of ether oxygens (including phenoxy) is 1. The van der Waals surface area contributed by atoms with Gasteiger partial charge in [-0.2, -0.15) is 5.10 Å². The molecule has 0 spiro atoms. The molecule has 5 nitrogen and oxygen atoms in total. The molecule has 5 heteroatoms. The van der Waals surface area contributed by atoms with Gasteiger partial charge < -0.3 is 4.74 Å². The maximum atomic E-state index is 13.0. The standard InChI is InChI=1S/C27H27N3O2/c1-16(2)18-5-7-19(8-6-18)21-13-24-23(25(31)14-21)15-30-27(28-24)26(17(3)29-30)20-9-11-22(32-4)12-10-20/h5-12,15-16,21H,13-14H2,1-4H3. The summed E-state index contributed by atoms with van der Waals surface area (Å²) >= 11 is 0. The van der Waals surface area contributed by atoms with E-state index in [0.717, 1.165) is 40.3 Å². The molecule has 1 atom stereocenters. The molecule has 0 amide bonds. The molecular formula is C27H27N3O2. The van der Waals surface area contributed by atoms with Crippen LogP contribution in [0.2, 0.25) is 0 Å². The first-order valence-corrected chi connectivity index (χ1v) is 11.1. The topological polar surface area (TPSA) is 56.5 Å². The highest BCUT2D eigenvalue weighted by Crippen LogP contribution is 2.35. The fourth-order valence-electron chi connectivity index (χ4n) is 4.63. The summed E-state index contributed by atoms with van der Waals surface area (Å²) in [5.74, 6) is 1.59. The van der Waals surface area contributed by atoms with E-state index in [1.165, 1.54) is 11.1 Å². The van der Waals surface area contributed by atoms with Crippen LogP contribution >= 0.6 is 0 Å². The summed E-state index contributed by atoms with van der Waals surface area (Å²) in [6, 6.07) is 16.6. The number of carbonyl (C=O) groups excluding carboxylic acids is 1. The quantitative estimate of drug-likeness (QED) is 0.418. The predicted molar refractivity (Wildman–Crippen MR) is 126 cm³/mol. The number of rotatable bonds is 4. The number of ketones is 1. The second-order valence-corrected chi connectivity index (χ2v) is 8.91. The molecule has 0 aliphatic heterocycles. The van der Waals surface area contributed by atoms with Gasteiger partial charge in [0.1, 0.15) is 5.75 Å². The molecule has 0 bridgehead atoms. The summed E-state index contributed by atoms with van der Waals surface area (Å²) < 4.78 is 7.04. The van der Waals surface area contributed by atoms with Crippen molar-refractivity contribution in [2.24, 2.45) is 0 Å². The summed E-state index contributed by atoms with van der Waals surface area (Å²) in [7, 11) is 1.66. The van der Waals surface area contributed by atoms with E-state index in [0.29, 0.717) is 17.9 Å². The van der Waals surface area contributed by atoms with Crippen molar-refractivity contribution in [1.29, 1.82) is 0 Å². The van der Waals surface area contributed by atoms with Crippen molar-refractivity contribution in [3.05, 3.63) is 82.8 Å². The van der Waals surface area contributed by atoms with Crippen molar-refractivity contribution in [2.75, 3.05) is 7.11 Å². The van der Waals surface area contributed by atoms with Gasteiger partial charge in [0.05, 0.1) is 24.1 Å². The number of nitrogens with zero attached hydrogens (tertiary/aromatic N) is 3. The minimum atomic E-state index is 0.137. The van der Waals surface area contributed by atoms with Crippen LogP contribution in [0.15, 0.2) is 54.7 Å². The Hall–Kier alpha value is -3.47. The average Bonchev–Trinajstić information content (AvgIpc) is 3.12. The zero-order valence-corrected chi connectivity index (χ0v) is 18.9. The Bertz CT molecular complexity index is 1300. The van der Waals surface area contributed by atoms with E-state index in [2.05, 4.69) is 43.2 Å². The number of Topliss-reactive ketones (excluding diaryl/α,β-unsaturated/α-hetero) is 1. The van der Waals surface area contributed by atoms with Crippen LogP contribution in [0.4, 0.5) is 0 Å². The Morgan fingerprint density at radius 3 is 2.41 bits per heavy atom. The first kappa shape index (κ1) is 20.4. The van der Waals surface area contributed by atoms with Gasteiger partial charge in [-0.15, -0.1) is 0 Å². The first-order valence-electron chi connectivity index (χ1n) is 11.1. The smallest absolute Gasteiger partial charge is 0.166 e. The number of fused-ring (bicyclic) bond motifs is 2. The fraction of sp³-hybridized carbons (Fsp3) is 0.296. The molecule has 0 N–H and O–H groups in total. The molecule has 0 radical (unpaired) electrons. The van der Waals surface area contributed by atoms with Crippen molar-refractivity contribution in [2.45, 2.75) is 45.4 Å². The molecular weight excluding hydrogens is 398 g/mol. The van der Waals surface area contributed by atoms with Crippen LogP contribution < -0.4 is 4.74 Å². The van der Waals surface area contributed by atoms with E-state index in [-0.39, 0.29) is 11.7 Å². The van der Waals surface area contributed by atoms with E-state index in [9.17, 15) is 4.79 Å². The lowest BCUT2D eigenvalue weighted by Crippen LogP contribution is -2.21. The van der Waals surface area contributed by atoms with Crippen molar-refractivity contribution >= 4 is 11.4 Å². The maximum Gasteiger partial charge on any atom is 0.166 e. The zero-order chi connectivity index (χ0) is 22.4. The number of aryl methyl sites for hydroxylation is 1. The summed E-state index contributed by atoms with van der Waals surface area (Å²) in [6.07, 6.45) is 3.12. The van der Waals surface area contributed by atoms with E-state index >= 15 is 0 Å². The number of carbonyl (C=O) groups is 1. The molecule has 162 valence electrons. The summed E-state index contributed by atoms with van der Waals surface area (Å²) in [5, 5.41) is 4.65. The average molecular weight is 426 g/mol. The molecule has 0 saturated carbocycles. The Labute approximate surface area is 188 Å². The van der Waals surface area contributed by atoms with Gasteiger partial charge in [0, 0.05) is 18.2 Å². The van der Waals surface area contributed by atoms with Crippen LogP contribution in [0.25, 0.3) is 16.8 Å². The first-order chi connectivity index (χ1) is 15.4. The van der Waals surface area contributed by atoms with Gasteiger partial charge in [0.15, 0.2) is 11.4 Å². The molecule has 4 aromatic rings. The number of hydrogen-bond donors (Lipinski definition) is 0. The van der Waals surface area contributed by atoms with Gasteiger partial charge in [-0.25, -0.2) is 9.50 Å². The highest BCUT2D eigenvalue weighted by Gasteiger charge is 2.29. The molecule has 5 rings (SSSR count). The van der Waals surface area contributed by atoms with E-state index in [1.54, 1.807) is 11.6 Å². The third kappa shape index (κ3) is 3.48. The van der Waals surface area contributed by atoms with E-state index < -0.39 is 0 Å². The Balaban J connectivity index is 1.55. The van der Waals surface area contributed by atoms with Crippen molar-refractivity contribution in [3.8, 4) is 16.9 Å². The van der Waals surface area contributed by atoms with Gasteiger partial charge in [-0.1, -0.05) is 50.2 Å². The van der Waals surface area contributed by atoms with Crippen LogP contribution in [0, 0.1) is 6.92 Å². The minimum Gasteiger partial charge on any atom is -0.497 e. The maximum absolute atomic E-state index is 13.0. The van der Waals surface area contributed by atoms with Gasteiger partial charge in [-0.05, 0) is 54.0 Å². The van der Waals surface area contributed by atoms with Gasteiger partial charge in [0.25, 0.3) is 0 Å². The predicted octanol–water partition coefficient (Wildman–Crippen LogP) is 5.75. The Morgan fingerprint density at radius 1 is 1.03 bits per heavy atom. The molecule has 1 aliphatic carbocycles. The molecule has 0 saturated heterocycles. The van der Waals surface area contributed by atoms with Crippen molar-refractivity contribution < 1.29 is 9.53 Å². The highest BCUT2D eigenvalue weighted by atomic mass is 16.5. The van der Waals surface area contributed by atoms with Gasteiger partial charge >= 0.3 is 0 Å². The minimum absolute atomic E-state index is 0.137. The lowest BCUT2D eigenvalue weighted by molar-refractivity contribution is 0.0962. The van der Waals surface area contributed by atoms with Gasteiger partial charge in [0.2, 0.25) is 0 Å². The Kier molecular flexibility index (Phi) is 5.04. The van der Waals surface area contributed by atoms with Gasteiger partial charge in [-0.3, -0.25) is 4.79 Å². The summed E-state index contributed by atoms with van der Waals surface area (Å²) in [4.78, 5) is 18.0. The summed E-state index contributed by atoms with van der Waals surface area (Å²) in [6.45, 7) is 6.37. The molecule has 1 aliphatic rings. The SMILES string of the molecule is COc1ccc(-c2c(C)nn3cc4c(nc23)CC(c2ccc(C(C)C)cc2)CC4=O)cc1. The number of methoxy groups -OCH3 is 1. The van der Waals surface area contributed by atoms with Crippen LogP contribution in [-0.2, 0) is 6.42 Å². The Morgan fingerprint density at radius 2 is 1.75 bits per heavy atom. The monoisotopic (exact) mass is 425 g/mol. The van der Waals surface area contributed by atoms with Crippen molar-refractivity contribution in [1.82, 2.24) is 14.6 Å². The molecule has 2 heterocycles. The number of aromatic nitrogens is 3. The molecule has 2 aromatic heterocycles. The second-order valence-electron chi connectivity index (χ2n) is 8.91. The molecule has 0 fully saturated rings. The normalized spacial score (nSPS) is 15.9.